The Hall–Kier alpha value is -0.630. The number of rotatable bonds is 3. The zero-order valence-corrected chi connectivity index (χ0v) is 11.6. The van der Waals surface area contributed by atoms with Crippen molar-refractivity contribution in [1.29, 1.82) is 0 Å². The van der Waals surface area contributed by atoms with Crippen molar-refractivity contribution in [3.8, 4) is 0 Å². The molecule has 0 nitrogen and oxygen atoms in total. The Morgan fingerprint density at radius 3 is 2.67 bits per heavy atom. The number of hydrogen-bond donors (Lipinski definition) is 0. The van der Waals surface area contributed by atoms with Crippen molar-refractivity contribution in [3.63, 3.8) is 0 Å². The van der Waals surface area contributed by atoms with Crippen molar-refractivity contribution in [2.45, 2.75) is 44.9 Å². The van der Waals surface area contributed by atoms with Gasteiger partial charge < -0.3 is 0 Å². The molecule has 2 rings (SSSR count). The van der Waals surface area contributed by atoms with Crippen molar-refractivity contribution in [2.24, 2.45) is 11.3 Å². The molecule has 0 bridgehead atoms. The summed E-state index contributed by atoms with van der Waals surface area (Å²) in [7, 11) is 0. The largest absolute Gasteiger partial charge is 0.207 e. The third-order valence-electron chi connectivity index (χ3n) is 4.21. The van der Waals surface area contributed by atoms with E-state index in [4.69, 9.17) is 11.6 Å². The fourth-order valence-corrected chi connectivity index (χ4v) is 3.70. The van der Waals surface area contributed by atoms with Crippen molar-refractivity contribution in [2.75, 3.05) is 0 Å². The van der Waals surface area contributed by atoms with E-state index >= 15 is 0 Å². The van der Waals surface area contributed by atoms with E-state index in [-0.39, 0.29) is 10.8 Å². The molecule has 1 fully saturated rings. The molecule has 100 valence electrons. The molecule has 2 atom stereocenters. The van der Waals surface area contributed by atoms with E-state index in [1.807, 2.05) is 0 Å². The first-order valence-corrected chi connectivity index (χ1v) is 6.92. The van der Waals surface area contributed by atoms with Crippen LogP contribution in [0.4, 0.5) is 8.78 Å². The molecular weight excluding hydrogens is 254 g/mol. The summed E-state index contributed by atoms with van der Waals surface area (Å²) in [6.45, 7) is 4.45. The number of halogens is 3. The van der Waals surface area contributed by atoms with E-state index < -0.39 is 11.6 Å². The molecular formula is C15H19ClF2. The van der Waals surface area contributed by atoms with Gasteiger partial charge in [0.05, 0.1) is 0 Å². The van der Waals surface area contributed by atoms with Crippen LogP contribution in [0.2, 0.25) is 0 Å². The van der Waals surface area contributed by atoms with Crippen LogP contribution in [0.3, 0.4) is 0 Å². The highest BCUT2D eigenvalue weighted by atomic mass is 35.5. The average molecular weight is 273 g/mol. The Balaban J connectivity index is 2.09. The highest BCUT2D eigenvalue weighted by Gasteiger charge is 2.38. The molecule has 1 aromatic carbocycles. The van der Waals surface area contributed by atoms with Crippen molar-refractivity contribution in [1.82, 2.24) is 0 Å². The molecule has 18 heavy (non-hydrogen) atoms. The van der Waals surface area contributed by atoms with Crippen LogP contribution in [0.1, 0.15) is 38.7 Å². The maximum Gasteiger partial charge on any atom is 0.129 e. The van der Waals surface area contributed by atoms with Crippen LogP contribution in [0.5, 0.6) is 0 Å². The van der Waals surface area contributed by atoms with Crippen molar-refractivity contribution < 1.29 is 8.78 Å². The zero-order valence-electron chi connectivity index (χ0n) is 10.8. The van der Waals surface area contributed by atoms with Crippen LogP contribution in [0.15, 0.2) is 18.2 Å². The molecule has 1 saturated carbocycles. The Bertz CT molecular complexity index is 429. The second kappa shape index (κ2) is 5.16. The Labute approximate surface area is 112 Å². The molecule has 0 aliphatic heterocycles. The van der Waals surface area contributed by atoms with E-state index in [2.05, 4.69) is 13.8 Å². The van der Waals surface area contributed by atoms with Gasteiger partial charge in [-0.05, 0) is 42.2 Å². The quantitative estimate of drug-likeness (QED) is 0.684. The lowest BCUT2D eigenvalue weighted by Gasteiger charge is -2.31. The van der Waals surface area contributed by atoms with Crippen LogP contribution in [0, 0.1) is 23.0 Å². The number of alkyl halides is 1. The molecule has 0 saturated heterocycles. The summed E-state index contributed by atoms with van der Waals surface area (Å²) in [5, 5.41) is -0.0811. The van der Waals surface area contributed by atoms with Gasteiger partial charge in [0.15, 0.2) is 0 Å². The predicted octanol–water partition coefficient (Wildman–Crippen LogP) is 4.94. The molecule has 1 aliphatic carbocycles. The second-order valence-electron chi connectivity index (χ2n) is 5.94. The molecule has 1 aromatic rings. The second-order valence-corrected chi connectivity index (χ2v) is 6.50. The van der Waals surface area contributed by atoms with E-state index in [9.17, 15) is 8.78 Å². The van der Waals surface area contributed by atoms with E-state index in [0.717, 1.165) is 12.5 Å². The van der Waals surface area contributed by atoms with Gasteiger partial charge in [0.1, 0.15) is 11.6 Å². The molecule has 0 heterocycles. The van der Waals surface area contributed by atoms with Crippen molar-refractivity contribution in [3.05, 3.63) is 35.4 Å². The summed E-state index contributed by atoms with van der Waals surface area (Å²) < 4.78 is 26.4. The van der Waals surface area contributed by atoms with Gasteiger partial charge >= 0.3 is 0 Å². The highest BCUT2D eigenvalue weighted by molar-refractivity contribution is 6.21. The van der Waals surface area contributed by atoms with Crippen molar-refractivity contribution >= 4 is 11.6 Å². The number of hydrogen-bond acceptors (Lipinski definition) is 0. The van der Waals surface area contributed by atoms with E-state index in [0.29, 0.717) is 17.9 Å². The van der Waals surface area contributed by atoms with E-state index in [1.165, 1.54) is 25.0 Å². The van der Waals surface area contributed by atoms with Gasteiger partial charge in [-0.15, -0.1) is 11.6 Å². The average Bonchev–Trinajstić information content (AvgIpc) is 2.62. The van der Waals surface area contributed by atoms with Gasteiger partial charge in [0.25, 0.3) is 0 Å². The minimum absolute atomic E-state index is 0.0811. The lowest BCUT2D eigenvalue weighted by molar-refractivity contribution is 0.249. The molecule has 0 radical (unpaired) electrons. The zero-order chi connectivity index (χ0) is 13.3. The van der Waals surface area contributed by atoms with Gasteiger partial charge in [-0.3, -0.25) is 0 Å². The van der Waals surface area contributed by atoms with Crippen LogP contribution in [0.25, 0.3) is 0 Å². The first-order chi connectivity index (χ1) is 8.40. The SMILES string of the molecule is CC1(C)CCCC1C(Cl)Cc1ccc(F)cc1F. The molecule has 0 N–H and O–H groups in total. The molecule has 0 aromatic heterocycles. The lowest BCUT2D eigenvalue weighted by atomic mass is 9.78. The Kier molecular flexibility index (Phi) is 3.96. The summed E-state index contributed by atoms with van der Waals surface area (Å²) in [5.41, 5.74) is 0.738. The normalized spacial score (nSPS) is 24.2. The lowest BCUT2D eigenvalue weighted by Crippen LogP contribution is -2.27. The molecule has 0 spiro atoms. The minimum Gasteiger partial charge on any atom is -0.207 e. The first-order valence-electron chi connectivity index (χ1n) is 6.48. The van der Waals surface area contributed by atoms with Gasteiger partial charge in [-0.25, -0.2) is 8.78 Å². The summed E-state index contributed by atoms with van der Waals surface area (Å²) >= 11 is 6.46. The molecule has 2 unspecified atom stereocenters. The summed E-state index contributed by atoms with van der Waals surface area (Å²) in [6, 6.07) is 3.72. The summed E-state index contributed by atoms with van der Waals surface area (Å²) in [6.07, 6.45) is 3.94. The highest BCUT2D eigenvalue weighted by Crippen LogP contribution is 2.46. The van der Waals surface area contributed by atoms with Crippen LogP contribution in [-0.4, -0.2) is 5.38 Å². The monoisotopic (exact) mass is 272 g/mol. The van der Waals surface area contributed by atoms with Crippen LogP contribution >= 0.6 is 11.6 Å². The maximum absolute atomic E-state index is 13.6. The smallest absolute Gasteiger partial charge is 0.129 e. The summed E-state index contributed by atoms with van der Waals surface area (Å²) in [5.74, 6) is -0.622. The fraction of sp³-hybridized carbons (Fsp3) is 0.600. The number of benzene rings is 1. The third-order valence-corrected chi connectivity index (χ3v) is 4.67. The van der Waals surface area contributed by atoms with Gasteiger partial charge in [0, 0.05) is 11.4 Å². The fourth-order valence-electron chi connectivity index (χ4n) is 3.06. The standard InChI is InChI=1S/C15H19ClF2/c1-15(2)7-3-4-12(15)13(16)8-10-5-6-11(17)9-14(10)18/h5-6,9,12-13H,3-4,7-8H2,1-2H3. The molecule has 3 heteroatoms. The third kappa shape index (κ3) is 2.85. The summed E-state index contributed by atoms with van der Waals surface area (Å²) in [4.78, 5) is 0. The topological polar surface area (TPSA) is 0 Å². The van der Waals surface area contributed by atoms with Crippen LogP contribution < -0.4 is 0 Å². The van der Waals surface area contributed by atoms with Gasteiger partial charge in [-0.1, -0.05) is 26.3 Å². The minimum atomic E-state index is -0.538. The van der Waals surface area contributed by atoms with Gasteiger partial charge in [-0.2, -0.15) is 0 Å². The maximum atomic E-state index is 13.6. The molecule has 1 aliphatic rings. The van der Waals surface area contributed by atoms with Crippen LogP contribution in [-0.2, 0) is 6.42 Å². The predicted molar refractivity (Wildman–Crippen MR) is 70.8 cm³/mol. The van der Waals surface area contributed by atoms with E-state index in [1.54, 1.807) is 0 Å². The Morgan fingerprint density at radius 2 is 2.11 bits per heavy atom. The van der Waals surface area contributed by atoms with Gasteiger partial charge in [0.2, 0.25) is 0 Å². The Morgan fingerprint density at radius 1 is 1.39 bits per heavy atom. The molecule has 0 amide bonds. The first kappa shape index (κ1) is 13.8.